The molecule has 2 rings (SSSR count). The molecule has 0 aliphatic rings. The van der Waals surface area contributed by atoms with E-state index in [4.69, 9.17) is 0 Å². The van der Waals surface area contributed by atoms with Gasteiger partial charge >= 0.3 is 0 Å². The summed E-state index contributed by atoms with van der Waals surface area (Å²) < 4.78 is 22.9. The van der Waals surface area contributed by atoms with Crippen LogP contribution in [0.4, 0.5) is 0 Å². The molecule has 0 bridgehead atoms. The minimum Gasteiger partial charge on any atom is -0.238 e. The molecule has 1 aromatic heterocycles. The van der Waals surface area contributed by atoms with E-state index >= 15 is 0 Å². The third kappa shape index (κ3) is 3.42. The average molecular weight is 290 g/mol. The zero-order chi connectivity index (χ0) is 14.8. The highest BCUT2D eigenvalue weighted by Crippen LogP contribution is 2.20. The van der Waals surface area contributed by atoms with Crippen LogP contribution < -0.4 is 0 Å². The molecule has 0 amide bonds. The van der Waals surface area contributed by atoms with Gasteiger partial charge in [0.2, 0.25) is 0 Å². The monoisotopic (exact) mass is 290 g/mol. The zero-order valence-corrected chi connectivity index (χ0v) is 12.7. The van der Waals surface area contributed by atoms with Gasteiger partial charge in [-0.05, 0) is 31.5 Å². The van der Waals surface area contributed by atoms with Gasteiger partial charge in [-0.2, -0.15) is 0 Å². The van der Waals surface area contributed by atoms with E-state index in [2.05, 4.69) is 16.9 Å². The van der Waals surface area contributed by atoms with Crippen LogP contribution in [0.3, 0.4) is 0 Å². The molecule has 2 aromatic rings. The molecule has 5 heteroatoms. The van der Waals surface area contributed by atoms with Crippen LogP contribution in [-0.4, -0.2) is 24.6 Å². The van der Waals surface area contributed by atoms with Gasteiger partial charge in [-0.1, -0.05) is 19.1 Å². The normalized spacial score (nSPS) is 11.6. The van der Waals surface area contributed by atoms with Crippen molar-refractivity contribution < 1.29 is 8.42 Å². The summed E-state index contributed by atoms with van der Waals surface area (Å²) in [6.45, 7) is 4.03. The predicted molar refractivity (Wildman–Crippen MR) is 79.3 cm³/mol. The number of aromatic nitrogens is 2. The van der Waals surface area contributed by atoms with E-state index in [0.717, 1.165) is 35.6 Å². The van der Waals surface area contributed by atoms with Crippen LogP contribution in [0, 0.1) is 6.92 Å². The van der Waals surface area contributed by atoms with Crippen molar-refractivity contribution in [2.24, 2.45) is 0 Å². The van der Waals surface area contributed by atoms with Gasteiger partial charge in [0.15, 0.2) is 9.84 Å². The molecule has 20 heavy (non-hydrogen) atoms. The van der Waals surface area contributed by atoms with Crippen LogP contribution in [0.25, 0.3) is 11.3 Å². The molecule has 0 atom stereocenters. The lowest BCUT2D eigenvalue weighted by atomic mass is 10.1. The van der Waals surface area contributed by atoms with Crippen molar-refractivity contribution in [1.82, 2.24) is 9.97 Å². The highest BCUT2D eigenvalue weighted by atomic mass is 32.2. The van der Waals surface area contributed by atoms with Crippen LogP contribution in [0.1, 0.15) is 24.9 Å². The molecule has 0 N–H and O–H groups in total. The second-order valence-electron chi connectivity index (χ2n) is 4.86. The van der Waals surface area contributed by atoms with Gasteiger partial charge in [-0.25, -0.2) is 18.4 Å². The van der Waals surface area contributed by atoms with Gasteiger partial charge in [0.05, 0.1) is 10.6 Å². The number of hydrogen-bond donors (Lipinski definition) is 0. The molecule has 1 heterocycles. The third-order valence-corrected chi connectivity index (χ3v) is 4.08. The van der Waals surface area contributed by atoms with E-state index in [-0.39, 0.29) is 0 Å². The first-order chi connectivity index (χ1) is 9.40. The Labute approximate surface area is 119 Å². The lowest BCUT2D eigenvalue weighted by molar-refractivity contribution is 0.602. The maximum Gasteiger partial charge on any atom is 0.175 e. The second kappa shape index (κ2) is 5.71. The van der Waals surface area contributed by atoms with Crippen LogP contribution in [0.2, 0.25) is 0 Å². The molecule has 106 valence electrons. The minimum absolute atomic E-state index is 0.320. The lowest BCUT2D eigenvalue weighted by Gasteiger charge is -2.06. The smallest absolute Gasteiger partial charge is 0.175 e. The Kier molecular flexibility index (Phi) is 4.18. The molecule has 0 radical (unpaired) electrons. The van der Waals surface area contributed by atoms with Crippen molar-refractivity contribution in [3.05, 3.63) is 41.9 Å². The Morgan fingerprint density at radius 2 is 1.75 bits per heavy atom. The highest BCUT2D eigenvalue weighted by Gasteiger charge is 2.08. The van der Waals surface area contributed by atoms with Gasteiger partial charge in [-0.3, -0.25) is 0 Å². The van der Waals surface area contributed by atoms with Gasteiger partial charge in [0.25, 0.3) is 0 Å². The Bertz CT molecular complexity index is 707. The van der Waals surface area contributed by atoms with Gasteiger partial charge in [0.1, 0.15) is 5.82 Å². The lowest BCUT2D eigenvalue weighted by Crippen LogP contribution is -1.99. The van der Waals surface area contributed by atoms with Crippen LogP contribution >= 0.6 is 0 Å². The molecule has 0 unspecified atom stereocenters. The van der Waals surface area contributed by atoms with Crippen LogP contribution in [-0.2, 0) is 16.3 Å². The van der Waals surface area contributed by atoms with E-state index in [1.165, 1.54) is 6.26 Å². The predicted octanol–water partition coefficient (Wildman–Crippen LogP) is 2.81. The summed E-state index contributed by atoms with van der Waals surface area (Å²) >= 11 is 0. The third-order valence-electron chi connectivity index (χ3n) is 2.95. The summed E-state index contributed by atoms with van der Waals surface area (Å²) in [7, 11) is -3.16. The number of aryl methyl sites for hydroxylation is 2. The Morgan fingerprint density at radius 3 is 2.30 bits per heavy atom. The molecule has 0 saturated carbocycles. The van der Waals surface area contributed by atoms with Crippen LogP contribution in [0.5, 0.6) is 0 Å². The fourth-order valence-electron chi connectivity index (χ4n) is 1.99. The van der Waals surface area contributed by atoms with Gasteiger partial charge < -0.3 is 0 Å². The largest absolute Gasteiger partial charge is 0.238 e. The van der Waals surface area contributed by atoms with E-state index < -0.39 is 9.84 Å². The second-order valence-corrected chi connectivity index (χ2v) is 6.87. The summed E-state index contributed by atoms with van der Waals surface area (Å²) in [6, 6.07) is 8.71. The first kappa shape index (κ1) is 14.7. The fourth-order valence-corrected chi connectivity index (χ4v) is 2.62. The molecule has 0 aliphatic heterocycles. The molecular weight excluding hydrogens is 272 g/mol. The Morgan fingerprint density at radius 1 is 1.10 bits per heavy atom. The van der Waals surface area contributed by atoms with Crippen molar-refractivity contribution in [3.63, 3.8) is 0 Å². The molecule has 0 aliphatic carbocycles. The molecule has 0 fully saturated rings. The number of benzene rings is 1. The van der Waals surface area contributed by atoms with E-state index in [0.29, 0.717) is 4.90 Å². The first-order valence-electron chi connectivity index (χ1n) is 6.55. The molecule has 1 aromatic carbocycles. The number of sulfone groups is 1. The van der Waals surface area contributed by atoms with Gasteiger partial charge in [-0.15, -0.1) is 0 Å². The number of hydrogen-bond acceptors (Lipinski definition) is 4. The van der Waals surface area contributed by atoms with Gasteiger partial charge in [0, 0.05) is 23.9 Å². The van der Waals surface area contributed by atoms with E-state index in [9.17, 15) is 8.42 Å². The Hall–Kier alpha value is -1.75. The topological polar surface area (TPSA) is 59.9 Å². The number of rotatable bonds is 4. The molecule has 4 nitrogen and oxygen atoms in total. The van der Waals surface area contributed by atoms with E-state index in [1.807, 2.05) is 13.0 Å². The number of nitrogens with zero attached hydrogens (tertiary/aromatic N) is 2. The first-order valence-corrected chi connectivity index (χ1v) is 8.44. The molecule has 0 saturated heterocycles. The summed E-state index contributed by atoms with van der Waals surface area (Å²) in [6.07, 6.45) is 3.04. The highest BCUT2D eigenvalue weighted by molar-refractivity contribution is 7.90. The van der Waals surface area contributed by atoms with Crippen molar-refractivity contribution in [1.29, 1.82) is 0 Å². The summed E-state index contributed by atoms with van der Waals surface area (Å²) in [5, 5.41) is 0. The SMILES string of the molecule is CCCc1nc(C)cc(-c2ccc(S(C)(=O)=O)cc2)n1. The quantitative estimate of drug-likeness (QED) is 0.868. The van der Waals surface area contributed by atoms with Crippen molar-refractivity contribution in [3.8, 4) is 11.3 Å². The van der Waals surface area contributed by atoms with Crippen molar-refractivity contribution in [2.45, 2.75) is 31.6 Å². The van der Waals surface area contributed by atoms with Crippen LogP contribution in [0.15, 0.2) is 35.2 Å². The maximum atomic E-state index is 11.4. The summed E-state index contributed by atoms with van der Waals surface area (Å²) in [4.78, 5) is 9.24. The molecular formula is C15H18N2O2S. The van der Waals surface area contributed by atoms with Crippen molar-refractivity contribution >= 4 is 9.84 Å². The minimum atomic E-state index is -3.16. The summed E-state index contributed by atoms with van der Waals surface area (Å²) in [5.41, 5.74) is 2.66. The van der Waals surface area contributed by atoms with Crippen molar-refractivity contribution in [2.75, 3.05) is 6.26 Å². The standard InChI is InChI=1S/C15H18N2O2S/c1-4-5-15-16-11(2)10-14(17-15)12-6-8-13(9-7-12)20(3,18)19/h6-10H,4-5H2,1-3H3. The maximum absolute atomic E-state index is 11.4. The Balaban J connectivity index is 2.41. The molecule has 0 spiro atoms. The zero-order valence-electron chi connectivity index (χ0n) is 11.9. The summed E-state index contributed by atoms with van der Waals surface area (Å²) in [5.74, 6) is 0.828. The van der Waals surface area contributed by atoms with E-state index in [1.54, 1.807) is 24.3 Å². The average Bonchev–Trinajstić information content (AvgIpc) is 2.37. The fraction of sp³-hybridized carbons (Fsp3) is 0.333.